The third-order valence-corrected chi connectivity index (χ3v) is 8.29. The summed E-state index contributed by atoms with van der Waals surface area (Å²) in [7, 11) is -2.45. The molecule has 5 nitrogen and oxygen atoms in total. The van der Waals surface area contributed by atoms with E-state index in [0.717, 1.165) is 23.7 Å². The highest BCUT2D eigenvalue weighted by atomic mass is 32.2. The van der Waals surface area contributed by atoms with Gasteiger partial charge < -0.3 is 9.80 Å². The van der Waals surface area contributed by atoms with Gasteiger partial charge in [-0.2, -0.15) is 0 Å². The van der Waals surface area contributed by atoms with Crippen molar-refractivity contribution in [1.29, 1.82) is 0 Å². The standard InChI is InChI=1S/C21H23N3O2S2/c1-3-28(2,26)19-11-7-4-8-16(19)20(25)23-12-14-24(15-13-23)21-22-17-9-5-6-10-18(17)27-21/h4-11H,2-3,12-15H2,1H3. The van der Waals surface area contributed by atoms with Crippen molar-refractivity contribution in [1.82, 2.24) is 9.88 Å². The Morgan fingerprint density at radius 1 is 1.11 bits per heavy atom. The number of fused-ring (bicyclic) bond motifs is 1. The van der Waals surface area contributed by atoms with E-state index in [2.05, 4.69) is 16.8 Å². The van der Waals surface area contributed by atoms with E-state index >= 15 is 0 Å². The van der Waals surface area contributed by atoms with Crippen LogP contribution in [0, 0.1) is 0 Å². The molecule has 146 valence electrons. The zero-order chi connectivity index (χ0) is 19.7. The van der Waals surface area contributed by atoms with Crippen LogP contribution in [0.15, 0.2) is 53.4 Å². The van der Waals surface area contributed by atoms with Crippen LogP contribution in [0.3, 0.4) is 0 Å². The number of rotatable bonds is 4. The predicted molar refractivity (Wildman–Crippen MR) is 118 cm³/mol. The Balaban J connectivity index is 1.50. The molecule has 1 aromatic heterocycles. The Labute approximate surface area is 169 Å². The number of anilines is 1. The Kier molecular flexibility index (Phi) is 5.12. The molecule has 0 saturated carbocycles. The number of piperazine rings is 1. The van der Waals surface area contributed by atoms with Crippen LogP contribution in [-0.4, -0.2) is 57.8 Å². The number of thiazole rings is 1. The molecule has 2 aromatic carbocycles. The molecule has 0 aliphatic carbocycles. The van der Waals surface area contributed by atoms with Crippen LogP contribution in [-0.2, 0) is 9.52 Å². The number of carbonyl (C=O) groups excluding carboxylic acids is 1. The van der Waals surface area contributed by atoms with Crippen LogP contribution in [0.1, 0.15) is 17.3 Å². The summed E-state index contributed by atoms with van der Waals surface area (Å²) in [5, 5.41) is 1.00. The molecule has 7 heteroatoms. The first kappa shape index (κ1) is 19.0. The highest BCUT2D eigenvalue weighted by molar-refractivity contribution is 8.00. The fraction of sp³-hybridized carbons (Fsp3) is 0.286. The maximum Gasteiger partial charge on any atom is 0.255 e. The Hall–Kier alpha value is -2.38. The highest BCUT2D eigenvalue weighted by Gasteiger charge is 2.26. The van der Waals surface area contributed by atoms with Gasteiger partial charge in [-0.25, -0.2) is 4.98 Å². The van der Waals surface area contributed by atoms with Gasteiger partial charge in [-0.05, 0) is 39.7 Å². The van der Waals surface area contributed by atoms with Crippen molar-refractivity contribution in [3.63, 3.8) is 0 Å². The first-order valence-corrected chi connectivity index (χ1v) is 12.0. The van der Waals surface area contributed by atoms with E-state index < -0.39 is 9.52 Å². The fourth-order valence-electron chi connectivity index (χ4n) is 3.39. The lowest BCUT2D eigenvalue weighted by atomic mass is 10.2. The lowest BCUT2D eigenvalue weighted by Crippen LogP contribution is -2.49. The average molecular weight is 414 g/mol. The third-order valence-electron chi connectivity index (χ3n) is 5.10. The van der Waals surface area contributed by atoms with Gasteiger partial charge in [0.25, 0.3) is 5.91 Å². The summed E-state index contributed by atoms with van der Waals surface area (Å²) in [6.07, 6.45) is 0. The quantitative estimate of drug-likeness (QED) is 0.616. The van der Waals surface area contributed by atoms with Gasteiger partial charge in [-0.3, -0.25) is 9.00 Å². The molecule has 1 unspecified atom stereocenters. The number of hydrogen-bond donors (Lipinski definition) is 0. The Morgan fingerprint density at radius 2 is 1.79 bits per heavy atom. The van der Waals surface area contributed by atoms with Crippen molar-refractivity contribution in [2.45, 2.75) is 11.8 Å². The van der Waals surface area contributed by atoms with E-state index in [1.807, 2.05) is 42.2 Å². The lowest BCUT2D eigenvalue weighted by molar-refractivity contribution is 0.0743. The molecule has 1 fully saturated rings. The van der Waals surface area contributed by atoms with Gasteiger partial charge >= 0.3 is 0 Å². The SMILES string of the molecule is C=S(=O)(CC)c1ccccc1C(=O)N1CCN(c2nc3ccccc3s2)CC1. The Morgan fingerprint density at radius 3 is 2.50 bits per heavy atom. The van der Waals surface area contributed by atoms with Gasteiger partial charge in [0.05, 0.1) is 15.8 Å². The van der Waals surface area contributed by atoms with Gasteiger partial charge in [0.2, 0.25) is 0 Å². The number of para-hydroxylation sites is 1. The summed E-state index contributed by atoms with van der Waals surface area (Å²) < 4.78 is 14.0. The van der Waals surface area contributed by atoms with Gasteiger partial charge in [0.1, 0.15) is 0 Å². The average Bonchev–Trinajstić information content (AvgIpc) is 3.17. The van der Waals surface area contributed by atoms with Gasteiger partial charge in [-0.1, -0.05) is 42.5 Å². The first-order valence-electron chi connectivity index (χ1n) is 9.33. The van der Waals surface area contributed by atoms with E-state index in [4.69, 9.17) is 4.98 Å². The minimum Gasteiger partial charge on any atom is -0.345 e. The van der Waals surface area contributed by atoms with Crippen LogP contribution in [0.2, 0.25) is 0 Å². The second-order valence-corrected chi connectivity index (χ2v) is 10.5. The maximum atomic E-state index is 13.1. The van der Waals surface area contributed by atoms with Crippen molar-refractivity contribution < 1.29 is 9.00 Å². The van der Waals surface area contributed by atoms with E-state index in [-0.39, 0.29) is 5.91 Å². The van der Waals surface area contributed by atoms with E-state index in [1.165, 1.54) is 4.70 Å². The summed E-state index contributed by atoms with van der Waals surface area (Å²) in [6, 6.07) is 15.3. The van der Waals surface area contributed by atoms with Crippen molar-refractivity contribution >= 4 is 48.0 Å². The smallest absolute Gasteiger partial charge is 0.255 e. The first-order chi connectivity index (χ1) is 13.5. The second kappa shape index (κ2) is 7.56. The molecule has 1 saturated heterocycles. The molecule has 1 aliphatic rings. The van der Waals surface area contributed by atoms with E-state index in [1.54, 1.807) is 23.5 Å². The minimum absolute atomic E-state index is 0.0654. The predicted octanol–water partition coefficient (Wildman–Crippen LogP) is 3.35. The molecule has 1 aliphatic heterocycles. The number of carbonyl (C=O) groups is 1. The van der Waals surface area contributed by atoms with Crippen LogP contribution in [0.4, 0.5) is 5.13 Å². The fourth-order valence-corrected chi connectivity index (χ4v) is 5.60. The summed E-state index contributed by atoms with van der Waals surface area (Å²) >= 11 is 1.68. The van der Waals surface area contributed by atoms with Crippen molar-refractivity contribution in [3.8, 4) is 0 Å². The van der Waals surface area contributed by atoms with Crippen LogP contribution in [0.25, 0.3) is 10.2 Å². The molecule has 28 heavy (non-hydrogen) atoms. The van der Waals surface area contributed by atoms with Crippen molar-refractivity contribution in [3.05, 3.63) is 54.1 Å². The van der Waals surface area contributed by atoms with Crippen LogP contribution in [0.5, 0.6) is 0 Å². The molecule has 4 rings (SSSR count). The zero-order valence-electron chi connectivity index (χ0n) is 15.8. The third kappa shape index (κ3) is 3.52. The zero-order valence-corrected chi connectivity index (χ0v) is 17.5. The molecule has 2 heterocycles. The minimum atomic E-state index is -2.45. The molecule has 0 N–H and O–H groups in total. The van der Waals surface area contributed by atoms with Gasteiger partial charge in [-0.15, -0.1) is 0 Å². The van der Waals surface area contributed by atoms with E-state index in [9.17, 15) is 9.00 Å². The largest absolute Gasteiger partial charge is 0.345 e. The summed E-state index contributed by atoms with van der Waals surface area (Å²) in [4.78, 5) is 22.5. The number of amides is 1. The molecule has 3 aromatic rings. The summed E-state index contributed by atoms with van der Waals surface area (Å²) in [5.41, 5.74) is 1.53. The normalized spacial score (nSPS) is 16.9. The van der Waals surface area contributed by atoms with Crippen molar-refractivity contribution in [2.75, 3.05) is 36.8 Å². The van der Waals surface area contributed by atoms with E-state index in [0.29, 0.717) is 29.3 Å². The molecular weight excluding hydrogens is 390 g/mol. The van der Waals surface area contributed by atoms with Crippen LogP contribution < -0.4 is 4.90 Å². The van der Waals surface area contributed by atoms with Gasteiger partial charge in [0, 0.05) is 36.8 Å². The number of benzene rings is 2. The van der Waals surface area contributed by atoms with Crippen molar-refractivity contribution in [2.24, 2.45) is 0 Å². The monoisotopic (exact) mass is 413 g/mol. The highest BCUT2D eigenvalue weighted by Crippen LogP contribution is 2.29. The molecule has 0 spiro atoms. The molecule has 1 atom stereocenters. The maximum absolute atomic E-state index is 13.1. The summed E-state index contributed by atoms with van der Waals surface area (Å²) in [5.74, 6) is 4.22. The number of aromatic nitrogens is 1. The number of hydrogen-bond acceptors (Lipinski definition) is 5. The topological polar surface area (TPSA) is 53.5 Å². The molecule has 1 amide bonds. The molecule has 0 radical (unpaired) electrons. The Bertz CT molecular complexity index is 1080. The lowest BCUT2D eigenvalue weighted by Gasteiger charge is -2.35. The molecule has 0 bridgehead atoms. The van der Waals surface area contributed by atoms with Gasteiger partial charge in [0.15, 0.2) is 5.13 Å². The summed E-state index contributed by atoms with van der Waals surface area (Å²) in [6.45, 7) is 4.55. The molecular formula is C21H23N3O2S2. The van der Waals surface area contributed by atoms with Crippen LogP contribution >= 0.6 is 11.3 Å². The number of nitrogens with zero attached hydrogens (tertiary/aromatic N) is 3. The second-order valence-electron chi connectivity index (χ2n) is 6.84.